The quantitative estimate of drug-likeness (QED) is 0.782. The molecule has 2 bridgehead atoms. The van der Waals surface area contributed by atoms with Crippen molar-refractivity contribution in [2.45, 2.75) is 58.1 Å². The van der Waals surface area contributed by atoms with Gasteiger partial charge in [0.05, 0.1) is 6.26 Å². The van der Waals surface area contributed by atoms with Crippen LogP contribution in [0.2, 0.25) is 0 Å². The lowest BCUT2D eigenvalue weighted by atomic mass is 9.79. The van der Waals surface area contributed by atoms with Gasteiger partial charge in [0, 0.05) is 17.9 Å². The molecule has 20 heavy (non-hydrogen) atoms. The van der Waals surface area contributed by atoms with Gasteiger partial charge in [0.2, 0.25) is 0 Å². The van der Waals surface area contributed by atoms with E-state index in [1.807, 2.05) is 13.8 Å². The van der Waals surface area contributed by atoms with Gasteiger partial charge in [-0.1, -0.05) is 13.8 Å². The predicted octanol–water partition coefficient (Wildman–Crippen LogP) is 1.48. The maximum absolute atomic E-state index is 11.9. The second kappa shape index (κ2) is 5.07. The van der Waals surface area contributed by atoms with Crippen LogP contribution in [0.4, 0.5) is 0 Å². The van der Waals surface area contributed by atoms with Crippen molar-refractivity contribution in [1.82, 2.24) is 5.32 Å². The number of rotatable bonds is 2. The highest BCUT2D eigenvalue weighted by molar-refractivity contribution is 7.86. The van der Waals surface area contributed by atoms with Gasteiger partial charge < -0.3 is 5.32 Å². The average Bonchev–Trinajstić information content (AvgIpc) is 2.58. The van der Waals surface area contributed by atoms with Crippen LogP contribution in [0.5, 0.6) is 0 Å². The summed E-state index contributed by atoms with van der Waals surface area (Å²) in [7, 11) is -3.58. The van der Waals surface area contributed by atoms with Crippen molar-refractivity contribution in [2.75, 3.05) is 12.8 Å². The van der Waals surface area contributed by atoms with E-state index in [2.05, 4.69) is 12.2 Å². The summed E-state index contributed by atoms with van der Waals surface area (Å²) in [5.41, 5.74) is -1.43. The van der Waals surface area contributed by atoms with Crippen LogP contribution in [0.25, 0.3) is 0 Å². The summed E-state index contributed by atoms with van der Waals surface area (Å²) in [4.78, 5) is 11.9. The Balaban J connectivity index is 0.000000247. The molecule has 0 aromatic rings. The Morgan fingerprint density at radius 3 is 2.10 bits per heavy atom. The van der Waals surface area contributed by atoms with E-state index in [-0.39, 0.29) is 17.1 Å². The Kier molecular flexibility index (Phi) is 4.04. The Morgan fingerprint density at radius 2 is 1.85 bits per heavy atom. The van der Waals surface area contributed by atoms with Crippen LogP contribution in [0.1, 0.15) is 46.5 Å². The number of carbonyl (C=O) groups excluding carboxylic acids is 1. The number of nitrogens with one attached hydrogen (secondary N) is 1. The monoisotopic (exact) mass is 303 g/mol. The van der Waals surface area contributed by atoms with E-state index >= 15 is 0 Å². The first-order valence-electron chi connectivity index (χ1n) is 7.26. The van der Waals surface area contributed by atoms with Crippen molar-refractivity contribution < 1.29 is 17.4 Å². The Morgan fingerprint density at radius 1 is 1.30 bits per heavy atom. The number of carbonyl (C=O) groups is 1. The second-order valence-electron chi connectivity index (χ2n) is 6.84. The van der Waals surface area contributed by atoms with E-state index in [4.69, 9.17) is 4.18 Å². The third-order valence-electron chi connectivity index (χ3n) is 5.15. The topological polar surface area (TPSA) is 72.5 Å². The van der Waals surface area contributed by atoms with Crippen LogP contribution in [0, 0.1) is 11.3 Å². The van der Waals surface area contributed by atoms with Crippen LogP contribution >= 0.6 is 0 Å². The predicted molar refractivity (Wildman–Crippen MR) is 76.9 cm³/mol. The normalized spacial score (nSPS) is 38.1. The van der Waals surface area contributed by atoms with E-state index in [0.717, 1.165) is 18.7 Å². The molecule has 0 aromatic heterocycles. The molecule has 0 radical (unpaired) electrons. The zero-order chi connectivity index (χ0) is 15.2. The molecule has 1 N–H and O–H groups in total. The van der Waals surface area contributed by atoms with Crippen molar-refractivity contribution >= 4 is 15.9 Å². The van der Waals surface area contributed by atoms with Gasteiger partial charge >= 0.3 is 0 Å². The molecule has 6 heteroatoms. The van der Waals surface area contributed by atoms with Gasteiger partial charge in [0.25, 0.3) is 10.1 Å². The van der Waals surface area contributed by atoms with Gasteiger partial charge in [-0.25, -0.2) is 0 Å². The SMILES string of the molecule is CC1(C)C2CCC1(OS(C)(=O)=O)C(=O)C2.C[C@H]1CCN1. The first kappa shape index (κ1) is 15.9. The van der Waals surface area contributed by atoms with Crippen molar-refractivity contribution in [3.05, 3.63) is 0 Å². The molecule has 3 rings (SSSR count). The molecule has 0 spiro atoms. The molecule has 3 fully saturated rings. The smallest absolute Gasteiger partial charge is 0.265 e. The highest BCUT2D eigenvalue weighted by Gasteiger charge is 2.66. The van der Waals surface area contributed by atoms with Gasteiger partial charge in [-0.15, -0.1) is 0 Å². The third kappa shape index (κ3) is 2.65. The second-order valence-corrected chi connectivity index (χ2v) is 8.42. The molecule has 5 nitrogen and oxygen atoms in total. The Bertz CT molecular complexity index is 495. The van der Waals surface area contributed by atoms with Crippen molar-refractivity contribution in [2.24, 2.45) is 11.3 Å². The fraction of sp³-hybridized carbons (Fsp3) is 0.929. The molecule has 3 aliphatic rings. The zero-order valence-electron chi connectivity index (χ0n) is 12.7. The molecular weight excluding hydrogens is 278 g/mol. The molecule has 1 heterocycles. The Hall–Kier alpha value is -0.460. The Labute approximate surface area is 121 Å². The zero-order valence-corrected chi connectivity index (χ0v) is 13.5. The van der Waals surface area contributed by atoms with Crippen molar-refractivity contribution in [3.8, 4) is 0 Å². The molecule has 1 saturated heterocycles. The number of ketones is 1. The summed E-state index contributed by atoms with van der Waals surface area (Å²) in [6.45, 7) is 7.30. The molecule has 0 amide bonds. The molecule has 2 unspecified atom stereocenters. The number of hydrogen-bond acceptors (Lipinski definition) is 5. The van der Waals surface area contributed by atoms with E-state index in [1.54, 1.807) is 0 Å². The summed E-state index contributed by atoms with van der Waals surface area (Å²) in [6, 6.07) is 0.815. The lowest BCUT2D eigenvalue weighted by Gasteiger charge is -2.34. The number of fused-ring (bicyclic) bond motifs is 2. The van der Waals surface area contributed by atoms with Gasteiger partial charge in [-0.05, 0) is 38.6 Å². The summed E-state index contributed by atoms with van der Waals surface area (Å²) in [5.74, 6) is 0.223. The largest absolute Gasteiger partial charge is 0.314 e. The lowest BCUT2D eigenvalue weighted by molar-refractivity contribution is -0.136. The van der Waals surface area contributed by atoms with Crippen LogP contribution in [-0.4, -0.2) is 38.6 Å². The third-order valence-corrected chi connectivity index (χ3v) is 5.74. The lowest BCUT2D eigenvalue weighted by Crippen LogP contribution is -2.47. The van der Waals surface area contributed by atoms with Gasteiger partial charge in [-0.3, -0.25) is 8.98 Å². The van der Waals surface area contributed by atoms with Crippen LogP contribution in [0.15, 0.2) is 0 Å². The first-order chi connectivity index (χ1) is 9.08. The van der Waals surface area contributed by atoms with Crippen LogP contribution in [-0.2, 0) is 19.1 Å². The van der Waals surface area contributed by atoms with Crippen LogP contribution < -0.4 is 5.32 Å². The minimum Gasteiger partial charge on any atom is -0.314 e. The first-order valence-corrected chi connectivity index (χ1v) is 9.07. The molecule has 2 aliphatic carbocycles. The van der Waals surface area contributed by atoms with Crippen molar-refractivity contribution in [3.63, 3.8) is 0 Å². The molecule has 0 aromatic carbocycles. The van der Waals surface area contributed by atoms with Gasteiger partial charge in [0.15, 0.2) is 11.4 Å². The fourth-order valence-electron chi connectivity index (χ4n) is 3.52. The highest BCUT2D eigenvalue weighted by Crippen LogP contribution is 2.60. The summed E-state index contributed by atoms with van der Waals surface area (Å²) in [6.07, 6.45) is 4.27. The molecular formula is C14H25NO4S. The summed E-state index contributed by atoms with van der Waals surface area (Å²) >= 11 is 0. The molecule has 3 atom stereocenters. The van der Waals surface area contributed by atoms with E-state index in [1.165, 1.54) is 13.0 Å². The molecule has 2 saturated carbocycles. The minimum absolute atomic E-state index is 0.0471. The molecule has 116 valence electrons. The standard InChI is InChI=1S/C10H16O4S.C4H9N/c1-9(2)7-4-5-10(9,8(11)6-7)14-15(3,12)13;1-4-2-3-5-4/h7H,4-6H2,1-3H3;4-5H,2-3H2,1H3/t;4-/m.0/s1. The van der Waals surface area contributed by atoms with E-state index in [0.29, 0.717) is 12.8 Å². The van der Waals surface area contributed by atoms with Crippen LogP contribution in [0.3, 0.4) is 0 Å². The fourth-order valence-corrected chi connectivity index (χ4v) is 4.43. The summed E-state index contributed by atoms with van der Waals surface area (Å²) in [5, 5.41) is 3.21. The van der Waals surface area contributed by atoms with Gasteiger partial charge in [0.1, 0.15) is 0 Å². The van der Waals surface area contributed by atoms with E-state index < -0.39 is 15.7 Å². The van der Waals surface area contributed by atoms with E-state index in [9.17, 15) is 13.2 Å². The van der Waals surface area contributed by atoms with Crippen molar-refractivity contribution in [1.29, 1.82) is 0 Å². The number of Topliss-reactive ketones (excluding diaryl/α,β-unsaturated/α-hetero) is 1. The molecule has 1 aliphatic heterocycles. The van der Waals surface area contributed by atoms with Gasteiger partial charge in [-0.2, -0.15) is 8.42 Å². The number of hydrogen-bond donors (Lipinski definition) is 1. The average molecular weight is 303 g/mol. The highest BCUT2D eigenvalue weighted by atomic mass is 32.2. The maximum atomic E-state index is 11.9. The minimum atomic E-state index is -3.58. The summed E-state index contributed by atoms with van der Waals surface area (Å²) < 4.78 is 27.6. The maximum Gasteiger partial charge on any atom is 0.265 e.